The second kappa shape index (κ2) is 7.49. The van der Waals surface area contributed by atoms with Crippen molar-refractivity contribution in [3.8, 4) is 23.0 Å². The molecule has 1 N–H and O–H groups in total. The standard InChI is InChI=1S/C20H19N3O4/c1-2-13-3-5-14(6-4-13)11-18(24)21-20-23-22-19(27-20)15-7-8-16-17(12-15)26-10-9-25-16/h3-8,12H,2,9-11H2,1H3,(H,21,23,24). The second-order valence-electron chi connectivity index (χ2n) is 6.17. The first-order valence-corrected chi connectivity index (χ1v) is 8.82. The second-order valence-corrected chi connectivity index (χ2v) is 6.17. The summed E-state index contributed by atoms with van der Waals surface area (Å²) in [5, 5.41) is 10.5. The van der Waals surface area contributed by atoms with Crippen molar-refractivity contribution >= 4 is 11.9 Å². The van der Waals surface area contributed by atoms with Crippen LogP contribution in [0.2, 0.25) is 0 Å². The summed E-state index contributed by atoms with van der Waals surface area (Å²) in [6.45, 7) is 3.13. The van der Waals surface area contributed by atoms with E-state index < -0.39 is 0 Å². The molecule has 0 spiro atoms. The number of amides is 1. The number of benzene rings is 2. The molecule has 0 bridgehead atoms. The van der Waals surface area contributed by atoms with Crippen molar-refractivity contribution < 1.29 is 18.7 Å². The van der Waals surface area contributed by atoms with Gasteiger partial charge in [0, 0.05) is 5.56 Å². The normalized spacial score (nSPS) is 12.6. The van der Waals surface area contributed by atoms with Gasteiger partial charge in [-0.05, 0) is 35.7 Å². The zero-order chi connectivity index (χ0) is 18.6. The fraction of sp³-hybridized carbons (Fsp3) is 0.250. The average molecular weight is 365 g/mol. The molecule has 2 heterocycles. The van der Waals surface area contributed by atoms with E-state index in [2.05, 4.69) is 22.4 Å². The van der Waals surface area contributed by atoms with Crippen LogP contribution in [-0.4, -0.2) is 29.3 Å². The Morgan fingerprint density at radius 3 is 2.52 bits per heavy atom. The first kappa shape index (κ1) is 17.1. The molecule has 1 aromatic heterocycles. The predicted octanol–water partition coefficient (Wildman–Crippen LogP) is 3.25. The van der Waals surface area contributed by atoms with Crippen molar-refractivity contribution in [3.05, 3.63) is 53.6 Å². The number of aromatic nitrogens is 2. The predicted molar refractivity (Wildman–Crippen MR) is 98.9 cm³/mol. The zero-order valence-corrected chi connectivity index (χ0v) is 14.9. The number of hydrogen-bond donors (Lipinski definition) is 1. The minimum atomic E-state index is -0.211. The van der Waals surface area contributed by atoms with Crippen molar-refractivity contribution in [2.24, 2.45) is 0 Å². The first-order chi connectivity index (χ1) is 13.2. The number of fused-ring (bicyclic) bond motifs is 1. The van der Waals surface area contributed by atoms with E-state index in [0.717, 1.165) is 12.0 Å². The number of ether oxygens (including phenoxy) is 2. The van der Waals surface area contributed by atoms with Gasteiger partial charge >= 0.3 is 6.01 Å². The summed E-state index contributed by atoms with van der Waals surface area (Å²) < 4.78 is 16.6. The fourth-order valence-corrected chi connectivity index (χ4v) is 2.81. The van der Waals surface area contributed by atoms with E-state index in [1.807, 2.05) is 30.3 Å². The molecule has 0 radical (unpaired) electrons. The van der Waals surface area contributed by atoms with E-state index in [1.165, 1.54) is 5.56 Å². The van der Waals surface area contributed by atoms with Crippen LogP contribution in [0.4, 0.5) is 6.01 Å². The molecule has 1 aliphatic rings. The van der Waals surface area contributed by atoms with Crippen LogP contribution in [0.1, 0.15) is 18.1 Å². The van der Waals surface area contributed by atoms with Gasteiger partial charge in [0.2, 0.25) is 11.8 Å². The number of hydrogen-bond acceptors (Lipinski definition) is 6. The lowest BCUT2D eigenvalue weighted by Gasteiger charge is -2.18. The Bertz CT molecular complexity index is 950. The van der Waals surface area contributed by atoms with Gasteiger partial charge in [-0.2, -0.15) is 0 Å². The van der Waals surface area contributed by atoms with Crippen LogP contribution in [0, 0.1) is 0 Å². The van der Waals surface area contributed by atoms with Gasteiger partial charge in [0.05, 0.1) is 6.42 Å². The highest BCUT2D eigenvalue weighted by Gasteiger charge is 2.16. The zero-order valence-electron chi connectivity index (χ0n) is 14.9. The van der Waals surface area contributed by atoms with Gasteiger partial charge in [0.15, 0.2) is 11.5 Å². The summed E-state index contributed by atoms with van der Waals surface area (Å²) in [6.07, 6.45) is 1.21. The maximum atomic E-state index is 12.2. The number of rotatable bonds is 5. The van der Waals surface area contributed by atoms with Gasteiger partial charge in [0.25, 0.3) is 0 Å². The summed E-state index contributed by atoms with van der Waals surface area (Å²) in [6, 6.07) is 13.4. The Labute approximate surface area is 156 Å². The molecule has 0 atom stereocenters. The van der Waals surface area contributed by atoms with Crippen LogP contribution < -0.4 is 14.8 Å². The van der Waals surface area contributed by atoms with Gasteiger partial charge in [-0.1, -0.05) is 36.3 Å². The largest absolute Gasteiger partial charge is 0.486 e. The first-order valence-electron chi connectivity index (χ1n) is 8.82. The van der Waals surface area contributed by atoms with E-state index in [9.17, 15) is 4.79 Å². The summed E-state index contributed by atoms with van der Waals surface area (Å²) in [5.41, 5.74) is 2.86. The molecule has 0 saturated carbocycles. The maximum Gasteiger partial charge on any atom is 0.322 e. The highest BCUT2D eigenvalue weighted by atomic mass is 16.6. The van der Waals surface area contributed by atoms with Crippen LogP contribution in [0.15, 0.2) is 46.9 Å². The number of carbonyl (C=O) groups is 1. The van der Waals surface area contributed by atoms with Crippen molar-refractivity contribution in [1.29, 1.82) is 0 Å². The van der Waals surface area contributed by atoms with Gasteiger partial charge < -0.3 is 13.9 Å². The third-order valence-corrected chi connectivity index (χ3v) is 4.26. The van der Waals surface area contributed by atoms with E-state index in [-0.39, 0.29) is 18.3 Å². The quantitative estimate of drug-likeness (QED) is 0.747. The molecule has 1 amide bonds. The molecule has 3 aromatic rings. The molecule has 0 unspecified atom stereocenters. The SMILES string of the molecule is CCc1ccc(CC(=O)Nc2nnc(-c3ccc4c(c3)OCCO4)o2)cc1. The summed E-state index contributed by atoms with van der Waals surface area (Å²) in [7, 11) is 0. The van der Waals surface area contributed by atoms with Crippen LogP contribution in [0.25, 0.3) is 11.5 Å². The minimum absolute atomic E-state index is 0.0649. The third-order valence-electron chi connectivity index (χ3n) is 4.26. The Morgan fingerprint density at radius 2 is 1.74 bits per heavy atom. The molecule has 0 fully saturated rings. The molecule has 138 valence electrons. The van der Waals surface area contributed by atoms with Crippen LogP contribution >= 0.6 is 0 Å². The van der Waals surface area contributed by atoms with E-state index >= 15 is 0 Å². The van der Waals surface area contributed by atoms with E-state index in [4.69, 9.17) is 13.9 Å². The van der Waals surface area contributed by atoms with E-state index in [1.54, 1.807) is 12.1 Å². The Morgan fingerprint density at radius 1 is 1.00 bits per heavy atom. The molecule has 0 saturated heterocycles. The summed E-state index contributed by atoms with van der Waals surface area (Å²) in [4.78, 5) is 12.2. The third kappa shape index (κ3) is 3.92. The van der Waals surface area contributed by atoms with Crippen molar-refractivity contribution in [2.75, 3.05) is 18.5 Å². The average Bonchev–Trinajstić information content (AvgIpc) is 3.16. The smallest absolute Gasteiger partial charge is 0.322 e. The summed E-state index contributed by atoms with van der Waals surface area (Å²) >= 11 is 0. The molecule has 0 aliphatic carbocycles. The van der Waals surface area contributed by atoms with Gasteiger partial charge in [0.1, 0.15) is 13.2 Å². The monoisotopic (exact) mass is 365 g/mol. The lowest BCUT2D eigenvalue weighted by molar-refractivity contribution is -0.115. The number of aryl methyl sites for hydroxylation is 1. The van der Waals surface area contributed by atoms with Crippen molar-refractivity contribution in [2.45, 2.75) is 19.8 Å². The molecule has 2 aromatic carbocycles. The van der Waals surface area contributed by atoms with Crippen LogP contribution in [-0.2, 0) is 17.6 Å². The Kier molecular flexibility index (Phi) is 4.74. The highest BCUT2D eigenvalue weighted by Crippen LogP contribution is 2.34. The van der Waals surface area contributed by atoms with Crippen molar-refractivity contribution in [1.82, 2.24) is 10.2 Å². The molecule has 1 aliphatic heterocycles. The van der Waals surface area contributed by atoms with Crippen molar-refractivity contribution in [3.63, 3.8) is 0 Å². The van der Waals surface area contributed by atoms with Gasteiger partial charge in [-0.3, -0.25) is 10.1 Å². The number of carbonyl (C=O) groups excluding carboxylic acids is 1. The lowest BCUT2D eigenvalue weighted by Crippen LogP contribution is -2.15. The summed E-state index contributed by atoms with van der Waals surface area (Å²) in [5.74, 6) is 1.41. The topological polar surface area (TPSA) is 86.5 Å². The maximum absolute atomic E-state index is 12.2. The molecule has 7 heteroatoms. The molecular weight excluding hydrogens is 346 g/mol. The Hall–Kier alpha value is -3.35. The van der Waals surface area contributed by atoms with Gasteiger partial charge in [-0.15, -0.1) is 5.10 Å². The van der Waals surface area contributed by atoms with Crippen LogP contribution in [0.5, 0.6) is 11.5 Å². The number of anilines is 1. The highest BCUT2D eigenvalue weighted by molar-refractivity contribution is 5.90. The minimum Gasteiger partial charge on any atom is -0.486 e. The van der Waals surface area contributed by atoms with Crippen LogP contribution in [0.3, 0.4) is 0 Å². The lowest BCUT2D eigenvalue weighted by atomic mass is 10.1. The number of nitrogens with zero attached hydrogens (tertiary/aromatic N) is 2. The molecular formula is C20H19N3O4. The molecule has 7 nitrogen and oxygen atoms in total. The fourth-order valence-electron chi connectivity index (χ4n) is 2.81. The van der Waals surface area contributed by atoms with Gasteiger partial charge in [-0.25, -0.2) is 0 Å². The van der Waals surface area contributed by atoms with E-state index in [0.29, 0.717) is 36.2 Å². The Balaban J connectivity index is 1.42. The number of nitrogens with one attached hydrogen (secondary N) is 1. The molecule has 27 heavy (non-hydrogen) atoms. The molecule has 4 rings (SSSR count).